The number of anilines is 1. The quantitative estimate of drug-likeness (QED) is 0.870. The lowest BCUT2D eigenvalue weighted by molar-refractivity contribution is 0.186. The van der Waals surface area contributed by atoms with Crippen molar-refractivity contribution < 1.29 is 4.74 Å². The minimum Gasteiger partial charge on any atom is -0.382 e. The summed E-state index contributed by atoms with van der Waals surface area (Å²) in [5.41, 5.74) is 3.29. The second-order valence-electron chi connectivity index (χ2n) is 4.48. The van der Waals surface area contributed by atoms with Crippen LogP contribution in [-0.4, -0.2) is 13.7 Å². The van der Waals surface area contributed by atoms with E-state index in [1.165, 1.54) is 5.56 Å². The van der Waals surface area contributed by atoms with E-state index in [2.05, 4.69) is 17.4 Å². The zero-order valence-corrected chi connectivity index (χ0v) is 11.9. The largest absolute Gasteiger partial charge is 0.382 e. The summed E-state index contributed by atoms with van der Waals surface area (Å²) in [6.07, 6.45) is 0. The van der Waals surface area contributed by atoms with Crippen LogP contribution in [0, 0.1) is 6.92 Å². The van der Waals surface area contributed by atoms with Gasteiger partial charge in [-0.1, -0.05) is 48.0 Å². The maximum absolute atomic E-state index is 6.15. The summed E-state index contributed by atoms with van der Waals surface area (Å²) in [5.74, 6) is 0. The summed E-state index contributed by atoms with van der Waals surface area (Å²) in [4.78, 5) is 0. The molecule has 0 amide bonds. The summed E-state index contributed by atoms with van der Waals surface area (Å²) < 4.78 is 5.31. The second kappa shape index (κ2) is 6.60. The van der Waals surface area contributed by atoms with Gasteiger partial charge in [-0.15, -0.1) is 0 Å². The first-order chi connectivity index (χ1) is 9.22. The Hall–Kier alpha value is -1.51. The number of hydrogen-bond donors (Lipinski definition) is 1. The summed E-state index contributed by atoms with van der Waals surface area (Å²) in [6, 6.07) is 16.3. The molecule has 0 bridgehead atoms. The van der Waals surface area contributed by atoms with Crippen LogP contribution in [0.4, 0.5) is 5.69 Å². The van der Waals surface area contributed by atoms with Gasteiger partial charge in [0.05, 0.1) is 12.6 Å². The van der Waals surface area contributed by atoms with E-state index in [1.807, 2.05) is 43.3 Å². The first kappa shape index (κ1) is 13.9. The van der Waals surface area contributed by atoms with E-state index < -0.39 is 0 Å². The van der Waals surface area contributed by atoms with Gasteiger partial charge in [0.15, 0.2) is 0 Å². The zero-order chi connectivity index (χ0) is 13.7. The van der Waals surface area contributed by atoms with Crippen LogP contribution in [0.1, 0.15) is 17.2 Å². The van der Waals surface area contributed by atoms with Gasteiger partial charge in [0, 0.05) is 17.8 Å². The van der Waals surface area contributed by atoms with E-state index in [4.69, 9.17) is 16.3 Å². The van der Waals surface area contributed by atoms with E-state index >= 15 is 0 Å². The van der Waals surface area contributed by atoms with Gasteiger partial charge in [0.2, 0.25) is 0 Å². The smallest absolute Gasteiger partial charge is 0.0747 e. The minimum atomic E-state index is 0.114. The molecule has 2 nitrogen and oxygen atoms in total. The molecule has 0 aliphatic rings. The van der Waals surface area contributed by atoms with Crippen LogP contribution >= 0.6 is 11.6 Å². The van der Waals surface area contributed by atoms with Crippen LogP contribution in [0.3, 0.4) is 0 Å². The Labute approximate surface area is 119 Å². The molecule has 100 valence electrons. The lowest BCUT2D eigenvalue weighted by atomic mass is 10.1. The van der Waals surface area contributed by atoms with Crippen molar-refractivity contribution in [2.45, 2.75) is 13.0 Å². The predicted molar refractivity (Wildman–Crippen MR) is 80.9 cm³/mol. The summed E-state index contributed by atoms with van der Waals surface area (Å²) in [7, 11) is 1.71. The molecule has 2 rings (SSSR count). The van der Waals surface area contributed by atoms with Gasteiger partial charge in [-0.25, -0.2) is 0 Å². The van der Waals surface area contributed by atoms with E-state index in [0.29, 0.717) is 6.61 Å². The molecule has 1 atom stereocenters. The molecule has 1 unspecified atom stereocenters. The zero-order valence-electron chi connectivity index (χ0n) is 11.2. The fourth-order valence-electron chi connectivity index (χ4n) is 2.02. The van der Waals surface area contributed by atoms with Gasteiger partial charge in [-0.05, 0) is 30.2 Å². The first-order valence-corrected chi connectivity index (χ1v) is 6.65. The number of benzene rings is 2. The highest BCUT2D eigenvalue weighted by Gasteiger charge is 2.12. The molecule has 0 saturated carbocycles. The number of ether oxygens (including phenoxy) is 1. The van der Waals surface area contributed by atoms with Crippen LogP contribution in [0.5, 0.6) is 0 Å². The number of rotatable bonds is 5. The molecule has 0 aliphatic carbocycles. The van der Waals surface area contributed by atoms with Crippen LogP contribution in [-0.2, 0) is 4.74 Å². The molecular formula is C16H18ClNO. The average Bonchev–Trinajstić information content (AvgIpc) is 2.44. The van der Waals surface area contributed by atoms with Gasteiger partial charge in [-0.3, -0.25) is 0 Å². The number of hydrogen-bond acceptors (Lipinski definition) is 2. The van der Waals surface area contributed by atoms with Gasteiger partial charge in [-0.2, -0.15) is 0 Å². The van der Waals surface area contributed by atoms with Crippen LogP contribution in [0.2, 0.25) is 5.02 Å². The molecular weight excluding hydrogens is 258 g/mol. The predicted octanol–water partition coefficient (Wildman–Crippen LogP) is 4.45. The van der Waals surface area contributed by atoms with Gasteiger partial charge in [0.1, 0.15) is 0 Å². The normalized spacial score (nSPS) is 12.2. The average molecular weight is 276 g/mol. The van der Waals surface area contributed by atoms with Crippen molar-refractivity contribution in [3.8, 4) is 0 Å². The van der Waals surface area contributed by atoms with Crippen molar-refractivity contribution in [1.29, 1.82) is 0 Å². The number of methoxy groups -OCH3 is 1. The SMILES string of the molecule is COCC(Nc1cccc(Cl)c1C)c1ccccc1. The van der Waals surface area contributed by atoms with Crippen LogP contribution < -0.4 is 5.32 Å². The van der Waals surface area contributed by atoms with E-state index in [9.17, 15) is 0 Å². The molecule has 2 aromatic rings. The van der Waals surface area contributed by atoms with Gasteiger partial charge in [0.25, 0.3) is 0 Å². The Morgan fingerprint density at radius 1 is 1.11 bits per heavy atom. The summed E-state index contributed by atoms with van der Waals surface area (Å²) in [5, 5.41) is 4.27. The van der Waals surface area contributed by atoms with Crippen molar-refractivity contribution in [2.24, 2.45) is 0 Å². The molecule has 1 N–H and O–H groups in total. The Morgan fingerprint density at radius 3 is 2.53 bits per heavy atom. The Kier molecular flexibility index (Phi) is 4.83. The van der Waals surface area contributed by atoms with E-state index in [1.54, 1.807) is 7.11 Å². The van der Waals surface area contributed by atoms with Crippen LogP contribution in [0.15, 0.2) is 48.5 Å². The van der Waals surface area contributed by atoms with E-state index in [-0.39, 0.29) is 6.04 Å². The van der Waals surface area contributed by atoms with Crippen molar-refractivity contribution in [2.75, 3.05) is 19.0 Å². The van der Waals surface area contributed by atoms with Crippen molar-refractivity contribution in [1.82, 2.24) is 0 Å². The van der Waals surface area contributed by atoms with Crippen molar-refractivity contribution in [3.63, 3.8) is 0 Å². The Bertz CT molecular complexity index is 528. The first-order valence-electron chi connectivity index (χ1n) is 6.28. The topological polar surface area (TPSA) is 21.3 Å². The lowest BCUT2D eigenvalue weighted by Crippen LogP contribution is -2.16. The van der Waals surface area contributed by atoms with Crippen molar-refractivity contribution in [3.05, 3.63) is 64.7 Å². The Morgan fingerprint density at radius 2 is 1.84 bits per heavy atom. The third-order valence-corrected chi connectivity index (χ3v) is 3.54. The standard InChI is InChI=1S/C16H18ClNO/c1-12-14(17)9-6-10-15(12)18-16(11-19-2)13-7-4-3-5-8-13/h3-10,16,18H,11H2,1-2H3. The molecule has 0 aromatic heterocycles. The molecule has 3 heteroatoms. The van der Waals surface area contributed by atoms with Gasteiger partial charge >= 0.3 is 0 Å². The molecule has 0 heterocycles. The third-order valence-electron chi connectivity index (χ3n) is 3.13. The minimum absolute atomic E-state index is 0.114. The van der Waals surface area contributed by atoms with E-state index in [0.717, 1.165) is 16.3 Å². The highest BCUT2D eigenvalue weighted by atomic mass is 35.5. The molecule has 0 spiro atoms. The molecule has 0 radical (unpaired) electrons. The Balaban J connectivity index is 2.24. The lowest BCUT2D eigenvalue weighted by Gasteiger charge is -2.21. The number of halogens is 1. The van der Waals surface area contributed by atoms with Crippen molar-refractivity contribution >= 4 is 17.3 Å². The fourth-order valence-corrected chi connectivity index (χ4v) is 2.20. The number of nitrogens with one attached hydrogen (secondary N) is 1. The highest BCUT2D eigenvalue weighted by Crippen LogP contribution is 2.27. The molecule has 19 heavy (non-hydrogen) atoms. The summed E-state index contributed by atoms with van der Waals surface area (Å²) >= 11 is 6.15. The molecule has 0 fully saturated rings. The maximum atomic E-state index is 6.15. The molecule has 2 aromatic carbocycles. The van der Waals surface area contributed by atoms with Crippen LogP contribution in [0.25, 0.3) is 0 Å². The second-order valence-corrected chi connectivity index (χ2v) is 4.88. The van der Waals surface area contributed by atoms with Gasteiger partial charge < -0.3 is 10.1 Å². The molecule has 0 saturated heterocycles. The fraction of sp³-hybridized carbons (Fsp3) is 0.250. The maximum Gasteiger partial charge on any atom is 0.0747 e. The monoisotopic (exact) mass is 275 g/mol. The molecule has 0 aliphatic heterocycles. The highest BCUT2D eigenvalue weighted by molar-refractivity contribution is 6.31. The summed E-state index contributed by atoms with van der Waals surface area (Å²) in [6.45, 7) is 2.62. The third kappa shape index (κ3) is 3.49.